The van der Waals surface area contributed by atoms with Crippen LogP contribution in [0, 0.1) is 12.8 Å². The van der Waals surface area contributed by atoms with Gasteiger partial charge in [-0.15, -0.1) is 11.3 Å². The Bertz CT molecular complexity index is 683. The van der Waals surface area contributed by atoms with Crippen LogP contribution in [0.25, 0.3) is 0 Å². The Balaban J connectivity index is 0.000000941. The topological polar surface area (TPSA) is 129 Å². The number of aryl methyl sites for hydroxylation is 1. The number of aromatic nitrogens is 1. The van der Waals surface area contributed by atoms with Crippen LogP contribution in [-0.4, -0.2) is 76.8 Å². The fourth-order valence-electron chi connectivity index (χ4n) is 3.85. The third-order valence-electron chi connectivity index (χ3n) is 5.14. The summed E-state index contributed by atoms with van der Waals surface area (Å²) in [5.74, 6) is -0.0942. The fourth-order valence-corrected chi connectivity index (χ4v) is 4.63. The van der Waals surface area contributed by atoms with Gasteiger partial charge in [0.1, 0.15) is 0 Å². The molecule has 1 saturated heterocycles. The lowest BCUT2D eigenvalue weighted by Crippen LogP contribution is -2.57. The summed E-state index contributed by atoms with van der Waals surface area (Å²) in [6, 6.07) is -0.0612. The zero-order valence-electron chi connectivity index (χ0n) is 16.6. The van der Waals surface area contributed by atoms with Crippen molar-refractivity contribution in [3.63, 3.8) is 0 Å². The van der Waals surface area contributed by atoms with Crippen molar-refractivity contribution in [2.75, 3.05) is 26.3 Å². The van der Waals surface area contributed by atoms with Gasteiger partial charge in [-0.2, -0.15) is 0 Å². The largest absolute Gasteiger partial charge is 0.483 e. The van der Waals surface area contributed by atoms with E-state index in [0.29, 0.717) is 26.1 Å². The van der Waals surface area contributed by atoms with E-state index >= 15 is 0 Å². The first-order valence-electron chi connectivity index (χ1n) is 9.78. The van der Waals surface area contributed by atoms with E-state index in [-0.39, 0.29) is 49.4 Å². The Labute approximate surface area is 174 Å². The predicted molar refractivity (Wildman–Crippen MR) is 107 cm³/mol. The molecule has 2 fully saturated rings. The number of nitrogens with zero attached hydrogens (tertiary/aromatic N) is 2. The summed E-state index contributed by atoms with van der Waals surface area (Å²) in [7, 11) is 0. The van der Waals surface area contributed by atoms with Gasteiger partial charge >= 0.3 is 0 Å². The quantitative estimate of drug-likeness (QED) is 0.567. The normalized spacial score (nSPS) is 23.4. The number of carbonyl (C=O) groups is 3. The van der Waals surface area contributed by atoms with Crippen molar-refractivity contribution in [2.24, 2.45) is 5.92 Å². The first-order chi connectivity index (χ1) is 14.0. The second-order valence-corrected chi connectivity index (χ2v) is 8.02. The molecular weight excluding hydrogens is 398 g/mol. The lowest BCUT2D eigenvalue weighted by atomic mass is 9.81. The summed E-state index contributed by atoms with van der Waals surface area (Å²) < 4.78 is 5.81. The molecule has 1 aromatic rings. The molecule has 1 aliphatic carbocycles. The van der Waals surface area contributed by atoms with E-state index in [1.54, 1.807) is 11.3 Å². The van der Waals surface area contributed by atoms with Crippen molar-refractivity contribution in [1.82, 2.24) is 15.2 Å². The van der Waals surface area contributed by atoms with Crippen molar-refractivity contribution in [3.05, 3.63) is 16.1 Å². The molecule has 9 nitrogen and oxygen atoms in total. The molecular formula is C19H29N3O6S. The van der Waals surface area contributed by atoms with Gasteiger partial charge in [-0.3, -0.25) is 14.4 Å². The molecule has 3 atom stereocenters. The van der Waals surface area contributed by atoms with Crippen molar-refractivity contribution in [3.8, 4) is 0 Å². The number of hydrogen-bond acceptors (Lipinski definition) is 7. The summed E-state index contributed by atoms with van der Waals surface area (Å²) >= 11 is 1.62. The first kappa shape index (κ1) is 23.2. The number of amides is 2. The van der Waals surface area contributed by atoms with Crippen LogP contribution >= 0.6 is 11.3 Å². The summed E-state index contributed by atoms with van der Waals surface area (Å²) in [6.45, 7) is 3.22. The van der Waals surface area contributed by atoms with Crippen molar-refractivity contribution < 1.29 is 29.3 Å². The fraction of sp³-hybridized carbons (Fsp3) is 0.684. The van der Waals surface area contributed by atoms with Gasteiger partial charge in [0.2, 0.25) is 11.8 Å². The number of aliphatic hydroxyl groups excluding tert-OH is 1. The number of nitrogens with one attached hydrogen (secondary N) is 1. The second-order valence-electron chi connectivity index (χ2n) is 7.08. The molecule has 0 spiro atoms. The smallest absolute Gasteiger partial charge is 0.290 e. The van der Waals surface area contributed by atoms with Crippen molar-refractivity contribution in [1.29, 1.82) is 0 Å². The zero-order chi connectivity index (χ0) is 21.2. The van der Waals surface area contributed by atoms with Gasteiger partial charge in [-0.05, 0) is 26.2 Å². The minimum Gasteiger partial charge on any atom is -0.483 e. The molecule has 2 heterocycles. The van der Waals surface area contributed by atoms with Crippen LogP contribution in [0.3, 0.4) is 0 Å². The van der Waals surface area contributed by atoms with E-state index in [9.17, 15) is 9.59 Å². The Morgan fingerprint density at radius 1 is 1.45 bits per heavy atom. The van der Waals surface area contributed by atoms with E-state index in [0.717, 1.165) is 30.0 Å². The third-order valence-corrected chi connectivity index (χ3v) is 6.17. The lowest BCUT2D eigenvalue weighted by molar-refractivity contribution is -0.154. The van der Waals surface area contributed by atoms with Crippen LogP contribution in [0.2, 0.25) is 0 Å². The maximum Gasteiger partial charge on any atom is 0.290 e. The number of morpholine rings is 1. The van der Waals surface area contributed by atoms with Crippen LogP contribution in [0.5, 0.6) is 0 Å². The molecule has 0 aromatic carbocycles. The highest BCUT2D eigenvalue weighted by molar-refractivity contribution is 7.09. The molecule has 3 rings (SSSR count). The van der Waals surface area contributed by atoms with E-state index in [1.165, 1.54) is 0 Å². The first-order valence-corrected chi connectivity index (χ1v) is 10.7. The minimum absolute atomic E-state index is 0.00809. The summed E-state index contributed by atoms with van der Waals surface area (Å²) in [5, 5.41) is 22.0. The second kappa shape index (κ2) is 11.8. The molecule has 1 aromatic heterocycles. The van der Waals surface area contributed by atoms with E-state index < -0.39 is 0 Å². The third kappa shape index (κ3) is 6.76. The molecule has 1 aliphatic heterocycles. The maximum absolute atomic E-state index is 12.6. The van der Waals surface area contributed by atoms with Crippen LogP contribution in [-0.2, 0) is 25.5 Å². The van der Waals surface area contributed by atoms with E-state index in [2.05, 4.69) is 10.3 Å². The van der Waals surface area contributed by atoms with Crippen LogP contribution in [0.15, 0.2) is 5.38 Å². The molecule has 162 valence electrons. The number of ether oxygens (including phenoxy) is 1. The molecule has 2 aliphatic rings. The van der Waals surface area contributed by atoms with Crippen LogP contribution in [0.4, 0.5) is 0 Å². The SMILES string of the molecule is Cc1csc(CCNC(=O)[C@H]2CC[C@H]3OCCN(C(=O)CCO)[C@@H]3C2)n1.O=CO. The number of rotatable bonds is 6. The number of aliphatic hydroxyl groups is 1. The molecule has 0 bridgehead atoms. The van der Waals surface area contributed by atoms with Gasteiger partial charge < -0.3 is 25.2 Å². The van der Waals surface area contributed by atoms with Gasteiger partial charge in [-0.25, -0.2) is 4.98 Å². The number of fused-ring (bicyclic) bond motifs is 1. The standard InChI is InChI=1S/C18H27N3O4S.CH2O2/c1-12-11-26-16(20-12)4-6-19-18(24)13-2-3-15-14(10-13)21(7-9-25-15)17(23)5-8-22;2-1-3/h11,13-15,22H,2-10H2,1H3,(H,19,24);1H,(H,2,3)/t13-,14+,15+;/m0./s1. The highest BCUT2D eigenvalue weighted by atomic mass is 32.1. The van der Waals surface area contributed by atoms with Crippen LogP contribution in [0.1, 0.15) is 36.4 Å². The van der Waals surface area contributed by atoms with Crippen molar-refractivity contribution >= 4 is 29.6 Å². The van der Waals surface area contributed by atoms with Gasteiger partial charge in [0.25, 0.3) is 6.47 Å². The lowest BCUT2D eigenvalue weighted by Gasteiger charge is -2.45. The highest BCUT2D eigenvalue weighted by Crippen LogP contribution is 2.32. The Morgan fingerprint density at radius 3 is 2.86 bits per heavy atom. The molecule has 0 unspecified atom stereocenters. The van der Waals surface area contributed by atoms with Gasteiger partial charge in [0.15, 0.2) is 0 Å². The molecule has 3 N–H and O–H groups in total. The molecule has 2 amide bonds. The van der Waals surface area contributed by atoms with E-state index in [4.69, 9.17) is 19.7 Å². The monoisotopic (exact) mass is 427 g/mol. The molecule has 1 saturated carbocycles. The average molecular weight is 428 g/mol. The van der Waals surface area contributed by atoms with E-state index in [1.807, 2.05) is 17.2 Å². The maximum atomic E-state index is 12.6. The Kier molecular flexibility index (Phi) is 9.49. The predicted octanol–water partition coefficient (Wildman–Crippen LogP) is 0.590. The summed E-state index contributed by atoms with van der Waals surface area (Å²) in [4.78, 5) is 39.4. The van der Waals surface area contributed by atoms with Crippen LogP contribution < -0.4 is 5.32 Å². The average Bonchev–Trinajstić information content (AvgIpc) is 3.13. The van der Waals surface area contributed by atoms with Gasteiger partial charge in [-0.1, -0.05) is 0 Å². The van der Waals surface area contributed by atoms with Gasteiger partial charge in [0, 0.05) is 42.9 Å². The van der Waals surface area contributed by atoms with Crippen molar-refractivity contribution in [2.45, 2.75) is 51.2 Å². The molecule has 10 heteroatoms. The Hall–Kier alpha value is -2.04. The highest BCUT2D eigenvalue weighted by Gasteiger charge is 2.41. The number of carbonyl (C=O) groups excluding carboxylic acids is 2. The molecule has 0 radical (unpaired) electrons. The summed E-state index contributed by atoms with van der Waals surface area (Å²) in [5.41, 5.74) is 1.01. The number of carboxylic acid groups (broad SMARTS) is 1. The minimum atomic E-state index is -0.250. The molecule has 29 heavy (non-hydrogen) atoms. The number of thiazole rings is 1. The zero-order valence-corrected chi connectivity index (χ0v) is 17.4. The Morgan fingerprint density at radius 2 is 2.21 bits per heavy atom. The number of hydrogen-bond donors (Lipinski definition) is 3. The van der Waals surface area contributed by atoms with Gasteiger partial charge in [0.05, 0.1) is 30.4 Å². The summed E-state index contributed by atoms with van der Waals surface area (Å²) in [6.07, 6.45) is 3.08.